The maximum atomic E-state index is 13.7. The molecule has 0 saturated carbocycles. The number of rotatable bonds is 3. The molecule has 0 atom stereocenters. The third-order valence-corrected chi connectivity index (χ3v) is 8.80. The van der Waals surface area contributed by atoms with Crippen LogP contribution in [0.2, 0.25) is 0 Å². The summed E-state index contributed by atoms with van der Waals surface area (Å²) in [6, 6.07) is 19.2. The van der Waals surface area contributed by atoms with E-state index in [4.69, 9.17) is 4.74 Å². The van der Waals surface area contributed by atoms with E-state index in [1.165, 1.54) is 15.6 Å². The normalized spacial score (nSPS) is 13.9. The monoisotopic (exact) mass is 475 g/mol. The van der Waals surface area contributed by atoms with Gasteiger partial charge >= 0.3 is 0 Å². The third-order valence-electron chi connectivity index (χ3n) is 6.05. The van der Waals surface area contributed by atoms with Crippen LogP contribution in [0.4, 0.5) is 5.69 Å². The van der Waals surface area contributed by atoms with E-state index >= 15 is 0 Å². The van der Waals surface area contributed by atoms with Crippen LogP contribution < -0.4 is 9.04 Å². The van der Waals surface area contributed by atoms with Crippen molar-refractivity contribution in [1.29, 1.82) is 0 Å². The van der Waals surface area contributed by atoms with Gasteiger partial charge in [0.15, 0.2) is 0 Å². The number of nitrogens with zero attached hydrogens (tertiary/aromatic N) is 3. The van der Waals surface area contributed by atoms with E-state index in [1.54, 1.807) is 18.2 Å². The average Bonchev–Trinajstić information content (AvgIpc) is 3.38. The van der Waals surface area contributed by atoms with E-state index in [9.17, 15) is 8.42 Å². The van der Waals surface area contributed by atoms with Crippen molar-refractivity contribution < 1.29 is 13.2 Å². The molecule has 3 heterocycles. The lowest BCUT2D eigenvalue weighted by atomic mass is 10.0. The lowest BCUT2D eigenvalue weighted by molar-refractivity contribution is 0.316. The Hall–Kier alpha value is -3.36. The Balaban J connectivity index is 1.44. The van der Waals surface area contributed by atoms with E-state index < -0.39 is 10.0 Å². The summed E-state index contributed by atoms with van der Waals surface area (Å²) in [7, 11) is -1.74. The molecule has 0 N–H and O–H groups in total. The number of hydrogen-bond donors (Lipinski definition) is 0. The molecule has 0 radical (unpaired) electrons. The molecule has 0 saturated heterocycles. The number of sulfonamides is 1. The van der Waals surface area contributed by atoms with Crippen LogP contribution in [0.15, 0.2) is 71.8 Å². The molecule has 0 amide bonds. The summed E-state index contributed by atoms with van der Waals surface area (Å²) in [5.41, 5.74) is 4.50. The molecule has 1 aliphatic heterocycles. The van der Waals surface area contributed by atoms with Crippen molar-refractivity contribution >= 4 is 48.2 Å². The molecule has 6 nitrogen and oxygen atoms in total. The molecule has 1 aliphatic rings. The number of aromatic nitrogens is 2. The van der Waals surface area contributed by atoms with Gasteiger partial charge in [-0.15, -0.1) is 11.3 Å². The highest BCUT2D eigenvalue weighted by molar-refractivity contribution is 7.92. The van der Waals surface area contributed by atoms with E-state index in [-0.39, 0.29) is 11.4 Å². The minimum absolute atomic E-state index is 0.260. The van der Waals surface area contributed by atoms with E-state index in [1.807, 2.05) is 38.4 Å². The van der Waals surface area contributed by atoms with Gasteiger partial charge in [0.2, 0.25) is 0 Å². The Bertz CT molecular complexity index is 1650. The van der Waals surface area contributed by atoms with Crippen molar-refractivity contribution in [2.75, 3.05) is 17.5 Å². The highest BCUT2D eigenvalue weighted by Crippen LogP contribution is 2.39. The number of anilines is 1. The smallest absolute Gasteiger partial charge is 0.264 e. The summed E-state index contributed by atoms with van der Waals surface area (Å²) in [5.74, 6) is 0.573. The highest BCUT2D eigenvalue weighted by Gasteiger charge is 2.31. The highest BCUT2D eigenvalue weighted by atomic mass is 32.2. The second-order valence-corrected chi connectivity index (χ2v) is 11.3. The quantitative estimate of drug-likeness (QED) is 0.353. The minimum Gasteiger partial charge on any atom is -0.489 e. The largest absolute Gasteiger partial charge is 0.489 e. The number of hydrogen-bond acceptors (Lipinski definition) is 5. The van der Waals surface area contributed by atoms with Crippen molar-refractivity contribution in [2.24, 2.45) is 7.05 Å². The minimum atomic E-state index is -3.76. The zero-order chi connectivity index (χ0) is 22.7. The molecule has 5 aromatic rings. The first-order valence-corrected chi connectivity index (χ1v) is 12.9. The third kappa shape index (κ3) is 3.29. The summed E-state index contributed by atoms with van der Waals surface area (Å²) >= 11 is 1.50. The van der Waals surface area contributed by atoms with Crippen LogP contribution in [-0.4, -0.2) is 31.1 Å². The number of fused-ring (bicyclic) bond motifs is 3. The van der Waals surface area contributed by atoms with Crippen LogP contribution in [0.1, 0.15) is 5.01 Å². The average molecular weight is 476 g/mol. The molecular formula is C25H21N3O3S2. The molecule has 6 rings (SSSR count). The van der Waals surface area contributed by atoms with E-state index in [0.29, 0.717) is 18.0 Å². The molecule has 8 heteroatoms. The fourth-order valence-corrected chi connectivity index (χ4v) is 6.81. The summed E-state index contributed by atoms with van der Waals surface area (Å²) < 4.78 is 37.6. The molecular weight excluding hydrogens is 454 g/mol. The summed E-state index contributed by atoms with van der Waals surface area (Å²) in [6.45, 7) is 2.49. The van der Waals surface area contributed by atoms with Gasteiger partial charge in [-0.25, -0.2) is 13.4 Å². The molecule has 166 valence electrons. The van der Waals surface area contributed by atoms with Crippen molar-refractivity contribution in [3.8, 4) is 16.9 Å². The first-order valence-electron chi connectivity index (χ1n) is 10.6. The Morgan fingerprint density at radius 3 is 2.70 bits per heavy atom. The van der Waals surface area contributed by atoms with Crippen LogP contribution in [0.25, 0.3) is 32.2 Å². The van der Waals surface area contributed by atoms with Crippen molar-refractivity contribution in [3.05, 3.63) is 71.9 Å². The van der Waals surface area contributed by atoms with E-state index in [0.717, 1.165) is 37.3 Å². The topological polar surface area (TPSA) is 64.4 Å². The van der Waals surface area contributed by atoms with E-state index in [2.05, 4.69) is 33.8 Å². The molecule has 0 fully saturated rings. The zero-order valence-electron chi connectivity index (χ0n) is 18.1. The number of thiazole rings is 1. The summed E-state index contributed by atoms with van der Waals surface area (Å²) in [5, 5.41) is 2.05. The maximum absolute atomic E-state index is 13.7. The standard InChI is InChI=1S/C25H21N3O3S2/c1-16-26-21-6-5-20(15-25(21)32-16)33(29,30)28-11-12-31-24-8-4-18(14-23(24)28)17-3-7-22-19(13-17)9-10-27(22)2/h3-10,13-15H,11-12H2,1-2H3. The summed E-state index contributed by atoms with van der Waals surface area (Å²) in [4.78, 5) is 4.71. The van der Waals surface area contributed by atoms with Gasteiger partial charge in [0.05, 0.1) is 32.4 Å². The van der Waals surface area contributed by atoms with Gasteiger partial charge < -0.3 is 9.30 Å². The SMILES string of the molecule is Cc1nc2ccc(S(=O)(=O)N3CCOc4ccc(-c5ccc6c(ccn6C)c5)cc43)cc2s1. The van der Waals surface area contributed by atoms with Crippen molar-refractivity contribution in [3.63, 3.8) is 0 Å². The Labute approximate surface area is 195 Å². The van der Waals surface area contributed by atoms with Gasteiger partial charge in [-0.3, -0.25) is 4.31 Å². The lowest BCUT2D eigenvalue weighted by Gasteiger charge is -2.31. The predicted octanol–water partition coefficient (Wildman–Crippen LogP) is 5.35. The molecule has 0 spiro atoms. The summed E-state index contributed by atoms with van der Waals surface area (Å²) in [6.07, 6.45) is 2.03. The number of ether oxygens (including phenoxy) is 1. The van der Waals surface area contributed by atoms with Gasteiger partial charge in [0, 0.05) is 24.1 Å². The molecule has 0 unspecified atom stereocenters. The molecule has 33 heavy (non-hydrogen) atoms. The first kappa shape index (κ1) is 20.3. The Morgan fingerprint density at radius 2 is 1.82 bits per heavy atom. The molecule has 0 bridgehead atoms. The number of aryl methyl sites for hydroxylation is 2. The Kier molecular flexibility index (Phi) is 4.50. The second-order valence-electron chi connectivity index (χ2n) is 8.17. The maximum Gasteiger partial charge on any atom is 0.264 e. The molecule has 0 aliphatic carbocycles. The van der Waals surface area contributed by atoms with Crippen LogP contribution in [0, 0.1) is 6.92 Å². The van der Waals surface area contributed by atoms with Gasteiger partial charge in [-0.2, -0.15) is 0 Å². The van der Waals surface area contributed by atoms with Gasteiger partial charge in [-0.1, -0.05) is 12.1 Å². The van der Waals surface area contributed by atoms with Gasteiger partial charge in [-0.05, 0) is 66.6 Å². The van der Waals surface area contributed by atoms with Crippen molar-refractivity contribution in [2.45, 2.75) is 11.8 Å². The van der Waals surface area contributed by atoms with Gasteiger partial charge in [0.25, 0.3) is 10.0 Å². The van der Waals surface area contributed by atoms with Crippen LogP contribution in [0.5, 0.6) is 5.75 Å². The lowest BCUT2D eigenvalue weighted by Crippen LogP contribution is -2.37. The predicted molar refractivity (Wildman–Crippen MR) is 133 cm³/mol. The number of benzene rings is 3. The van der Waals surface area contributed by atoms with Crippen LogP contribution >= 0.6 is 11.3 Å². The van der Waals surface area contributed by atoms with Gasteiger partial charge in [0.1, 0.15) is 12.4 Å². The second kappa shape index (κ2) is 7.33. The fraction of sp³-hybridized carbons (Fsp3) is 0.160. The fourth-order valence-electron chi connectivity index (χ4n) is 4.39. The Morgan fingerprint density at radius 1 is 1.00 bits per heavy atom. The van der Waals surface area contributed by atoms with Crippen LogP contribution in [0.3, 0.4) is 0 Å². The van der Waals surface area contributed by atoms with Crippen LogP contribution in [-0.2, 0) is 17.1 Å². The molecule has 2 aromatic heterocycles. The van der Waals surface area contributed by atoms with Crippen molar-refractivity contribution in [1.82, 2.24) is 9.55 Å². The molecule has 3 aromatic carbocycles. The first-order chi connectivity index (χ1) is 15.9. The zero-order valence-corrected chi connectivity index (χ0v) is 19.8.